The number of carbonyl (C=O) groups excluding carboxylic acids is 1. The van der Waals surface area contributed by atoms with Crippen LogP contribution in [0.5, 0.6) is 0 Å². The molecule has 0 spiro atoms. The van der Waals surface area contributed by atoms with Gasteiger partial charge in [-0.2, -0.15) is 0 Å². The molecule has 1 aliphatic rings. The largest absolute Gasteiger partial charge is 0.481 e. The zero-order valence-corrected chi connectivity index (χ0v) is 11.3. The standard InChI is InChI=1S/C15H19NO3/c1-10-4-3-5-12(6-10)7-14(17)16-8-11(2)13(9-16)15(18)19/h3-6,11,13H,7-9H2,1-2H3,(H,18,19)/t11-,13-/m1/s1. The SMILES string of the molecule is Cc1cccc(CC(=O)N2C[C@@H](C)[C@H](C(=O)O)C2)c1. The van der Waals surface area contributed by atoms with Gasteiger partial charge in [0.25, 0.3) is 0 Å². The molecule has 0 aromatic heterocycles. The Hall–Kier alpha value is -1.84. The summed E-state index contributed by atoms with van der Waals surface area (Å²) in [5.74, 6) is -1.19. The number of hydrogen-bond acceptors (Lipinski definition) is 2. The lowest BCUT2D eigenvalue weighted by Gasteiger charge is -2.16. The summed E-state index contributed by atoms with van der Waals surface area (Å²) >= 11 is 0. The van der Waals surface area contributed by atoms with E-state index in [4.69, 9.17) is 5.11 Å². The van der Waals surface area contributed by atoms with Gasteiger partial charge in [0.2, 0.25) is 5.91 Å². The summed E-state index contributed by atoms with van der Waals surface area (Å²) < 4.78 is 0. The molecular weight excluding hydrogens is 242 g/mol. The van der Waals surface area contributed by atoms with E-state index in [9.17, 15) is 9.59 Å². The van der Waals surface area contributed by atoms with Crippen LogP contribution in [0, 0.1) is 18.8 Å². The number of hydrogen-bond donors (Lipinski definition) is 1. The molecule has 2 rings (SSSR count). The van der Waals surface area contributed by atoms with Crippen LogP contribution >= 0.6 is 0 Å². The van der Waals surface area contributed by atoms with Crippen LogP contribution in [0.3, 0.4) is 0 Å². The fourth-order valence-electron chi connectivity index (χ4n) is 2.60. The zero-order valence-electron chi connectivity index (χ0n) is 11.3. The smallest absolute Gasteiger partial charge is 0.308 e. The van der Waals surface area contributed by atoms with Crippen molar-refractivity contribution in [2.24, 2.45) is 11.8 Å². The Balaban J connectivity index is 2.00. The van der Waals surface area contributed by atoms with E-state index in [0.29, 0.717) is 19.5 Å². The van der Waals surface area contributed by atoms with Crippen molar-refractivity contribution in [3.8, 4) is 0 Å². The monoisotopic (exact) mass is 261 g/mol. The van der Waals surface area contributed by atoms with E-state index in [1.165, 1.54) is 0 Å². The van der Waals surface area contributed by atoms with Gasteiger partial charge in [-0.1, -0.05) is 36.8 Å². The summed E-state index contributed by atoms with van der Waals surface area (Å²) in [6.07, 6.45) is 0.348. The predicted octanol–water partition coefficient (Wildman–Crippen LogP) is 1.72. The van der Waals surface area contributed by atoms with Crippen LogP contribution < -0.4 is 0 Å². The summed E-state index contributed by atoms with van der Waals surface area (Å²) in [4.78, 5) is 24.9. The maximum Gasteiger partial charge on any atom is 0.308 e. The van der Waals surface area contributed by atoms with Crippen LogP contribution in [0.4, 0.5) is 0 Å². The maximum absolute atomic E-state index is 12.2. The van der Waals surface area contributed by atoms with E-state index in [0.717, 1.165) is 11.1 Å². The molecule has 4 heteroatoms. The molecule has 2 atom stereocenters. The molecule has 19 heavy (non-hydrogen) atoms. The molecule has 1 fully saturated rings. The first kappa shape index (κ1) is 13.6. The fourth-order valence-corrected chi connectivity index (χ4v) is 2.60. The topological polar surface area (TPSA) is 57.6 Å². The van der Waals surface area contributed by atoms with Gasteiger partial charge >= 0.3 is 5.97 Å². The predicted molar refractivity (Wildman–Crippen MR) is 71.8 cm³/mol. The second kappa shape index (κ2) is 5.43. The molecule has 0 bridgehead atoms. The molecule has 4 nitrogen and oxygen atoms in total. The van der Waals surface area contributed by atoms with Gasteiger partial charge in [0.1, 0.15) is 0 Å². The lowest BCUT2D eigenvalue weighted by atomic mass is 9.99. The van der Waals surface area contributed by atoms with Crippen LogP contribution in [-0.2, 0) is 16.0 Å². The summed E-state index contributed by atoms with van der Waals surface area (Å²) in [7, 11) is 0. The first-order valence-electron chi connectivity index (χ1n) is 6.53. The van der Waals surface area contributed by atoms with Crippen molar-refractivity contribution in [1.82, 2.24) is 4.90 Å². The molecular formula is C15H19NO3. The number of aliphatic carboxylic acids is 1. The third-order valence-corrected chi connectivity index (χ3v) is 3.72. The second-order valence-electron chi connectivity index (χ2n) is 5.39. The molecule has 0 unspecified atom stereocenters. The van der Waals surface area contributed by atoms with Crippen molar-refractivity contribution in [1.29, 1.82) is 0 Å². The number of amides is 1. The molecule has 1 amide bonds. The van der Waals surface area contributed by atoms with Crippen molar-refractivity contribution < 1.29 is 14.7 Å². The normalized spacial score (nSPS) is 22.5. The molecule has 1 N–H and O–H groups in total. The fraction of sp³-hybridized carbons (Fsp3) is 0.467. The molecule has 0 saturated carbocycles. The van der Waals surface area contributed by atoms with Crippen molar-refractivity contribution >= 4 is 11.9 Å². The van der Waals surface area contributed by atoms with Gasteiger partial charge in [-0.05, 0) is 18.4 Å². The minimum Gasteiger partial charge on any atom is -0.481 e. The Morgan fingerprint density at radius 1 is 1.37 bits per heavy atom. The highest BCUT2D eigenvalue weighted by atomic mass is 16.4. The lowest BCUT2D eigenvalue weighted by Crippen LogP contribution is -2.31. The number of likely N-dealkylation sites (tertiary alicyclic amines) is 1. The van der Waals surface area contributed by atoms with Crippen LogP contribution in [0.25, 0.3) is 0 Å². The van der Waals surface area contributed by atoms with Gasteiger partial charge in [0.15, 0.2) is 0 Å². The van der Waals surface area contributed by atoms with E-state index >= 15 is 0 Å². The van der Waals surface area contributed by atoms with E-state index in [-0.39, 0.29) is 11.8 Å². The van der Waals surface area contributed by atoms with Crippen LogP contribution in [0.15, 0.2) is 24.3 Å². The maximum atomic E-state index is 12.2. The highest BCUT2D eigenvalue weighted by Gasteiger charge is 2.36. The Bertz CT molecular complexity index is 498. The van der Waals surface area contributed by atoms with Gasteiger partial charge in [-0.3, -0.25) is 9.59 Å². The van der Waals surface area contributed by atoms with Gasteiger partial charge in [-0.25, -0.2) is 0 Å². The number of rotatable bonds is 3. The molecule has 1 aromatic rings. The quantitative estimate of drug-likeness (QED) is 0.901. The molecule has 0 aliphatic carbocycles. The summed E-state index contributed by atoms with van der Waals surface area (Å²) in [5, 5.41) is 9.07. The van der Waals surface area contributed by atoms with Gasteiger partial charge in [0.05, 0.1) is 12.3 Å². The first-order valence-corrected chi connectivity index (χ1v) is 6.53. The van der Waals surface area contributed by atoms with Crippen LogP contribution in [0.2, 0.25) is 0 Å². The van der Waals surface area contributed by atoms with Crippen molar-refractivity contribution in [2.45, 2.75) is 20.3 Å². The number of carbonyl (C=O) groups is 2. The molecule has 1 saturated heterocycles. The average molecular weight is 261 g/mol. The second-order valence-corrected chi connectivity index (χ2v) is 5.39. The summed E-state index contributed by atoms with van der Waals surface area (Å²) in [6.45, 7) is 4.76. The van der Waals surface area contributed by atoms with Crippen molar-refractivity contribution in [3.05, 3.63) is 35.4 Å². The van der Waals surface area contributed by atoms with E-state index in [1.807, 2.05) is 38.1 Å². The number of nitrogens with zero attached hydrogens (tertiary/aromatic N) is 1. The highest BCUT2D eigenvalue weighted by molar-refractivity contribution is 5.81. The van der Waals surface area contributed by atoms with Crippen molar-refractivity contribution in [2.75, 3.05) is 13.1 Å². The Morgan fingerprint density at radius 2 is 2.11 bits per heavy atom. The number of benzene rings is 1. The number of aryl methyl sites for hydroxylation is 1. The van der Waals surface area contributed by atoms with Gasteiger partial charge in [0, 0.05) is 13.1 Å². The van der Waals surface area contributed by atoms with Gasteiger partial charge < -0.3 is 10.0 Å². The highest BCUT2D eigenvalue weighted by Crippen LogP contribution is 2.23. The molecule has 102 valence electrons. The first-order chi connectivity index (χ1) is 8.97. The zero-order chi connectivity index (χ0) is 14.0. The minimum atomic E-state index is -0.807. The van der Waals surface area contributed by atoms with E-state index < -0.39 is 11.9 Å². The molecule has 1 aromatic carbocycles. The Morgan fingerprint density at radius 3 is 2.68 bits per heavy atom. The Kier molecular flexibility index (Phi) is 3.88. The van der Waals surface area contributed by atoms with Gasteiger partial charge in [-0.15, -0.1) is 0 Å². The van der Waals surface area contributed by atoms with Crippen molar-refractivity contribution in [3.63, 3.8) is 0 Å². The van der Waals surface area contributed by atoms with Crippen LogP contribution in [-0.4, -0.2) is 35.0 Å². The van der Waals surface area contributed by atoms with E-state index in [1.54, 1.807) is 4.90 Å². The summed E-state index contributed by atoms with van der Waals surface area (Å²) in [6, 6.07) is 7.85. The minimum absolute atomic E-state index is 0.0150. The molecule has 0 radical (unpaired) electrons. The number of carboxylic acids is 1. The third-order valence-electron chi connectivity index (χ3n) is 3.72. The van der Waals surface area contributed by atoms with Crippen LogP contribution in [0.1, 0.15) is 18.1 Å². The Labute approximate surface area is 113 Å². The molecule has 1 heterocycles. The number of carboxylic acid groups (broad SMARTS) is 1. The molecule has 1 aliphatic heterocycles. The summed E-state index contributed by atoms with van der Waals surface area (Å²) in [5.41, 5.74) is 2.11. The van der Waals surface area contributed by atoms with E-state index in [2.05, 4.69) is 0 Å². The third kappa shape index (κ3) is 3.13. The average Bonchev–Trinajstić information content (AvgIpc) is 2.71. The lowest BCUT2D eigenvalue weighted by molar-refractivity contribution is -0.142.